The first kappa shape index (κ1) is 51.9. The number of nitrogens with zero attached hydrogens (tertiary/aromatic N) is 5. The third-order valence-electron chi connectivity index (χ3n) is 14.8. The molecule has 0 bridgehead atoms. The highest BCUT2D eigenvalue weighted by atomic mass is 16.5. The zero-order valence-corrected chi connectivity index (χ0v) is 43.9. The van der Waals surface area contributed by atoms with E-state index in [0.29, 0.717) is 18.9 Å². The average molecular weight is 981 g/mol. The number of ether oxygens (including phenoxy) is 3. The van der Waals surface area contributed by atoms with Crippen molar-refractivity contribution in [1.82, 2.24) is 29.7 Å². The van der Waals surface area contributed by atoms with Crippen molar-refractivity contribution in [3.8, 4) is 34.0 Å². The van der Waals surface area contributed by atoms with Crippen molar-refractivity contribution in [3.63, 3.8) is 0 Å². The first-order chi connectivity index (χ1) is 34.7. The SMILES string of the molecule is CCCCCC(C)Oc1cccc(C2Oc3cc(/C(=C/N=C(\CC)[C@@H]4CCCN4C(=O)[C@@H](N)C(C)C)CC)ccc3-c3cc4cc(-c5cnc([C@@H]6CCCN6C(=O)[C@@H](NC(=O)OC)C(C)C)[nH]5)ccc4n32)c1. The molecule has 2 aromatic heterocycles. The molecule has 14 heteroatoms. The molecule has 0 spiro atoms. The van der Waals surface area contributed by atoms with E-state index < -0.39 is 24.4 Å². The lowest BCUT2D eigenvalue weighted by Crippen LogP contribution is -2.51. The summed E-state index contributed by atoms with van der Waals surface area (Å²) in [7, 11) is 1.30. The molecule has 72 heavy (non-hydrogen) atoms. The van der Waals surface area contributed by atoms with Crippen LogP contribution in [0, 0.1) is 11.8 Å². The van der Waals surface area contributed by atoms with Gasteiger partial charge in [-0.3, -0.25) is 14.6 Å². The third-order valence-corrected chi connectivity index (χ3v) is 14.8. The van der Waals surface area contributed by atoms with Gasteiger partial charge in [-0.25, -0.2) is 9.78 Å². The minimum atomic E-state index is -0.713. The predicted molar refractivity (Wildman–Crippen MR) is 286 cm³/mol. The monoisotopic (exact) mass is 981 g/mol. The largest absolute Gasteiger partial charge is 0.491 e. The van der Waals surface area contributed by atoms with E-state index in [2.05, 4.69) is 97.2 Å². The molecule has 0 saturated carbocycles. The van der Waals surface area contributed by atoms with Crippen LogP contribution in [0.1, 0.15) is 149 Å². The summed E-state index contributed by atoms with van der Waals surface area (Å²) in [4.78, 5) is 56.8. The molecular formula is C58H76N8O6. The molecule has 3 amide bonds. The summed E-state index contributed by atoms with van der Waals surface area (Å²) in [6, 6.07) is 21.9. The van der Waals surface area contributed by atoms with Gasteiger partial charge in [0, 0.05) is 47.1 Å². The Bertz CT molecular complexity index is 2790. The molecule has 0 radical (unpaired) electrons. The van der Waals surface area contributed by atoms with Gasteiger partial charge in [-0.2, -0.15) is 0 Å². The Kier molecular flexibility index (Phi) is 16.6. The molecule has 4 N–H and O–H groups in total. The maximum Gasteiger partial charge on any atom is 0.407 e. The van der Waals surface area contributed by atoms with Crippen molar-refractivity contribution >= 4 is 40.1 Å². The van der Waals surface area contributed by atoms with Crippen molar-refractivity contribution in [3.05, 3.63) is 96.1 Å². The number of allylic oxidation sites excluding steroid dienone is 1. The molecule has 3 aliphatic heterocycles. The van der Waals surface area contributed by atoms with Crippen LogP contribution in [0.4, 0.5) is 4.79 Å². The van der Waals surface area contributed by atoms with Crippen LogP contribution in [-0.2, 0) is 14.3 Å². The summed E-state index contributed by atoms with van der Waals surface area (Å²) in [6.45, 7) is 17.7. The summed E-state index contributed by atoms with van der Waals surface area (Å²) in [5.41, 5.74) is 15.3. The standard InChI is InChI=1S/C58H76N8O6/c1-10-13-14-18-37(8)71-43-20-15-19-41(30-43)57-66-47-26-24-40(46-34-61-54(62-46)49-22-17-28-65(49)56(68)53(36(6)7)63-58(69)70-9)29-42(47)31-50(66)44-25-23-39(32-51(44)72-57)38(11-2)33-60-45(12-3)48-21-16-27-64(48)55(67)52(59)35(4)5/h15,19-20,23-26,29-37,48-49,52-53,57H,10-14,16-18,21-22,27-28,59H2,1-9H3,(H,61,62)(H,63,69)/b38-33+,60-45+/t37?,48-,49-,52-,53-,57?/m0/s1. The smallest absolute Gasteiger partial charge is 0.407 e. The van der Waals surface area contributed by atoms with Gasteiger partial charge in [0.05, 0.1) is 54.4 Å². The van der Waals surface area contributed by atoms with Gasteiger partial charge < -0.3 is 44.6 Å². The number of methoxy groups -OCH3 is 1. The summed E-state index contributed by atoms with van der Waals surface area (Å²) in [6.07, 6.45) is 12.1. The van der Waals surface area contributed by atoms with Crippen LogP contribution in [0.25, 0.3) is 39.0 Å². The van der Waals surface area contributed by atoms with E-state index in [-0.39, 0.29) is 41.8 Å². The molecular weight excluding hydrogens is 905 g/mol. The van der Waals surface area contributed by atoms with E-state index >= 15 is 0 Å². The Morgan fingerprint density at radius 3 is 2.44 bits per heavy atom. The maximum absolute atomic E-state index is 13.9. The molecule has 6 atom stereocenters. The summed E-state index contributed by atoms with van der Waals surface area (Å²) in [5, 5.41) is 3.78. The van der Waals surface area contributed by atoms with E-state index in [0.717, 1.165) is 119 Å². The molecule has 2 unspecified atom stereocenters. The van der Waals surface area contributed by atoms with Gasteiger partial charge in [0.1, 0.15) is 23.4 Å². The average Bonchev–Trinajstić information content (AvgIpc) is 4.23. The molecule has 5 aromatic rings. The highest BCUT2D eigenvalue weighted by Gasteiger charge is 2.38. The minimum Gasteiger partial charge on any atom is -0.491 e. The molecule has 3 aromatic carbocycles. The highest BCUT2D eigenvalue weighted by molar-refractivity contribution is 5.96. The molecule has 14 nitrogen and oxygen atoms in total. The van der Waals surface area contributed by atoms with Crippen molar-refractivity contribution in [2.24, 2.45) is 22.6 Å². The molecule has 2 fully saturated rings. The van der Waals surface area contributed by atoms with Gasteiger partial charge >= 0.3 is 6.09 Å². The molecule has 384 valence electrons. The number of benzene rings is 3. The third kappa shape index (κ3) is 11.0. The van der Waals surface area contributed by atoms with Gasteiger partial charge in [0.2, 0.25) is 18.0 Å². The topological polar surface area (TPSA) is 169 Å². The second-order valence-electron chi connectivity index (χ2n) is 20.5. The number of fused-ring (bicyclic) bond motifs is 5. The van der Waals surface area contributed by atoms with Crippen molar-refractivity contribution in [2.45, 2.75) is 156 Å². The molecule has 3 aliphatic rings. The fourth-order valence-corrected chi connectivity index (χ4v) is 10.6. The molecule has 8 rings (SSSR count). The normalized spacial score (nSPS) is 19.3. The van der Waals surface area contributed by atoms with Gasteiger partial charge in [0.25, 0.3) is 0 Å². The Morgan fingerprint density at radius 1 is 0.917 bits per heavy atom. The van der Waals surface area contributed by atoms with Crippen LogP contribution in [-0.4, -0.2) is 92.4 Å². The quantitative estimate of drug-likeness (QED) is 0.0542. The Morgan fingerprint density at radius 2 is 1.71 bits per heavy atom. The minimum absolute atomic E-state index is 0.00579. The first-order valence-electron chi connectivity index (χ1n) is 26.5. The number of nitrogens with two attached hydrogens (primary N) is 1. The number of carbonyl (C=O) groups is 3. The van der Waals surface area contributed by atoms with Crippen LogP contribution >= 0.6 is 0 Å². The van der Waals surface area contributed by atoms with Crippen molar-refractivity contribution in [1.29, 1.82) is 0 Å². The number of likely N-dealkylation sites (tertiary alicyclic amines) is 2. The lowest BCUT2D eigenvalue weighted by Gasteiger charge is -2.31. The fraction of sp³-hybridized carbons (Fsp3) is 0.500. The zero-order chi connectivity index (χ0) is 51.2. The number of imidazole rings is 1. The number of hydrogen-bond acceptors (Lipinski definition) is 9. The maximum atomic E-state index is 13.9. The Balaban J connectivity index is 1.13. The van der Waals surface area contributed by atoms with Crippen LogP contribution in [0.3, 0.4) is 0 Å². The second kappa shape index (κ2) is 23.0. The number of alkyl carbamates (subject to hydrolysis) is 1. The lowest BCUT2D eigenvalue weighted by molar-refractivity contribution is -0.135. The van der Waals surface area contributed by atoms with Crippen molar-refractivity contribution in [2.75, 3.05) is 20.2 Å². The van der Waals surface area contributed by atoms with E-state index in [1.54, 1.807) is 0 Å². The number of rotatable bonds is 19. The van der Waals surface area contributed by atoms with E-state index in [1.165, 1.54) is 20.0 Å². The number of nitrogens with one attached hydrogen (secondary N) is 2. The summed E-state index contributed by atoms with van der Waals surface area (Å²) >= 11 is 0. The lowest BCUT2D eigenvalue weighted by atomic mass is 9.99. The second-order valence-corrected chi connectivity index (χ2v) is 20.5. The van der Waals surface area contributed by atoms with E-state index in [4.69, 9.17) is 29.9 Å². The number of aromatic amines is 1. The molecule has 5 heterocycles. The predicted octanol–water partition coefficient (Wildman–Crippen LogP) is 11.6. The number of carbonyl (C=O) groups excluding carboxylic acids is 3. The van der Waals surface area contributed by atoms with Gasteiger partial charge in [-0.05, 0) is 124 Å². The highest BCUT2D eigenvalue weighted by Crippen LogP contribution is 2.46. The van der Waals surface area contributed by atoms with E-state index in [9.17, 15) is 14.4 Å². The van der Waals surface area contributed by atoms with Gasteiger partial charge in [0.15, 0.2) is 0 Å². The molecule has 2 saturated heterocycles. The summed E-state index contributed by atoms with van der Waals surface area (Å²) < 4.78 is 20.8. The Labute approximate surface area is 425 Å². The molecule has 0 aliphatic carbocycles. The first-order valence-corrected chi connectivity index (χ1v) is 26.5. The zero-order valence-electron chi connectivity index (χ0n) is 43.9. The Hall–Kier alpha value is -6.41. The number of H-pyrrole nitrogens is 1. The van der Waals surface area contributed by atoms with Crippen LogP contribution in [0.2, 0.25) is 0 Å². The number of hydrogen-bond donors (Lipinski definition) is 3. The van der Waals surface area contributed by atoms with Crippen LogP contribution in [0.5, 0.6) is 11.5 Å². The fourth-order valence-electron chi connectivity index (χ4n) is 10.6. The number of amides is 3. The van der Waals surface area contributed by atoms with E-state index in [1.807, 2.05) is 62.0 Å². The van der Waals surface area contributed by atoms with Crippen molar-refractivity contribution < 1.29 is 28.6 Å². The number of aromatic nitrogens is 3. The van der Waals surface area contributed by atoms with Crippen LogP contribution < -0.4 is 20.5 Å². The van der Waals surface area contributed by atoms with Gasteiger partial charge in [-0.1, -0.05) is 85.6 Å². The van der Waals surface area contributed by atoms with Gasteiger partial charge in [-0.15, -0.1) is 0 Å². The summed E-state index contributed by atoms with van der Waals surface area (Å²) in [5.74, 6) is 2.10. The number of unbranched alkanes of at least 4 members (excludes halogenated alkanes) is 2. The van der Waals surface area contributed by atoms with Crippen LogP contribution in [0.15, 0.2) is 84.1 Å². The number of aliphatic imine (C=N–C) groups is 1.